The predicted molar refractivity (Wildman–Crippen MR) is 554 cm³/mol. The molecule has 4 aromatic heterocycles. The zero-order valence-electron chi connectivity index (χ0n) is 87.9. The Hall–Kier alpha value is -4.97. The number of furan rings is 1. The number of H-pyrrole nitrogens is 2. The van der Waals surface area contributed by atoms with Crippen molar-refractivity contribution in [3.8, 4) is 0 Å². The summed E-state index contributed by atoms with van der Waals surface area (Å²) >= 11 is 1.73. The molecule has 25 rings (SSSR count). The van der Waals surface area contributed by atoms with Crippen LogP contribution in [0.3, 0.4) is 0 Å². The van der Waals surface area contributed by atoms with Crippen LogP contribution in [0.15, 0.2) is 87.7 Å². The van der Waals surface area contributed by atoms with Crippen LogP contribution in [-0.2, 0) is 49.7 Å². The zero-order chi connectivity index (χ0) is 97.6. The van der Waals surface area contributed by atoms with Crippen molar-refractivity contribution < 1.29 is 53.9 Å². The van der Waals surface area contributed by atoms with E-state index < -0.39 is 28.0 Å². The largest absolute Gasteiger partial charge is 0.469 e. The first-order chi connectivity index (χ1) is 66.9. The van der Waals surface area contributed by atoms with E-state index in [1.54, 1.807) is 23.8 Å². The van der Waals surface area contributed by atoms with Gasteiger partial charge in [-0.2, -0.15) is 5.10 Å². The number of hydrogen-bond acceptors (Lipinski definition) is 14. The Kier molecular flexibility index (Phi) is 28.5. The molecule has 20 saturated carbocycles. The van der Waals surface area contributed by atoms with Gasteiger partial charge < -0.3 is 34.9 Å². The van der Waals surface area contributed by atoms with Gasteiger partial charge >= 0.3 is 0 Å². The lowest BCUT2D eigenvalue weighted by atomic mass is 9.49. The molecule has 4 aromatic rings. The molecule has 5 heterocycles. The number of nitrogens with one attached hydrogen (secondary N) is 2. The van der Waals surface area contributed by atoms with Crippen molar-refractivity contribution in [1.82, 2.24) is 15.2 Å². The second kappa shape index (κ2) is 39.5. The van der Waals surface area contributed by atoms with Gasteiger partial charge in [-0.25, -0.2) is 0 Å². The van der Waals surface area contributed by atoms with Crippen molar-refractivity contribution in [2.75, 3.05) is 0 Å². The van der Waals surface area contributed by atoms with Gasteiger partial charge in [0.1, 0.15) is 34.7 Å². The minimum Gasteiger partial charge on any atom is -0.469 e. The number of hydrogen-bond donors (Lipinski definition) is 7. The average Bonchev–Trinajstić information content (AvgIpc) is 1.50. The molecule has 20 fully saturated rings. The molecule has 0 spiro atoms. The summed E-state index contributed by atoms with van der Waals surface area (Å²) in [4.78, 5) is 74.5. The number of rotatable bonds is 15. The van der Waals surface area contributed by atoms with Gasteiger partial charge in [0.15, 0.2) is 0 Å². The Bertz CT molecular complexity index is 4540. The highest BCUT2D eigenvalue weighted by Crippen LogP contribution is 2.72. The van der Waals surface area contributed by atoms with Crippen LogP contribution in [0.5, 0.6) is 0 Å². The number of carbonyl (C=O) groups excluding carboxylic acids is 5. The summed E-state index contributed by atoms with van der Waals surface area (Å²) < 4.78 is 5.45. The Labute approximate surface area is 844 Å². The normalized spacial score (nSPS) is 48.2. The lowest BCUT2D eigenvalue weighted by Gasteiger charge is -2.56. The number of fused-ring (bicyclic) bond motifs is 25. The maximum Gasteiger partial charge on any atom is 0.144 e. The minimum atomic E-state index is -0.437. The van der Waals surface area contributed by atoms with Gasteiger partial charge in [0.2, 0.25) is 0 Å². The van der Waals surface area contributed by atoms with Crippen molar-refractivity contribution in [2.45, 2.75) is 425 Å². The van der Waals surface area contributed by atoms with Crippen molar-refractivity contribution >= 4 is 46.5 Å². The third-order valence-electron chi connectivity index (χ3n) is 48.1. The molecular formula is C124H182N4O11S. The quantitative estimate of drug-likeness (QED) is 0.0587. The number of aliphatic hydroxyl groups is 5. The smallest absolute Gasteiger partial charge is 0.144 e. The minimum absolute atomic E-state index is 0.192. The van der Waals surface area contributed by atoms with Crippen LogP contribution in [0.25, 0.3) is 0 Å². The number of aliphatic imine (C=N–C) groups is 1. The van der Waals surface area contributed by atoms with Crippen molar-refractivity contribution in [2.24, 2.45) is 210 Å². The third-order valence-corrected chi connectivity index (χ3v) is 48.9. The molecule has 0 unspecified atom stereocenters. The van der Waals surface area contributed by atoms with Gasteiger partial charge in [-0.1, -0.05) is 40.7 Å². The third kappa shape index (κ3) is 19.5. The monoisotopic (exact) mass is 1940 g/mol. The summed E-state index contributed by atoms with van der Waals surface area (Å²) in [6.07, 6.45) is 66.6. The number of thiophene rings is 1. The zero-order valence-corrected chi connectivity index (χ0v) is 88.7. The first-order valence-electron chi connectivity index (χ1n) is 58.5. The molecule has 0 bridgehead atoms. The standard InChI is InChI=1S/2C25H37NO2.C25H36O3.C25H36O2S.C24H36N2O2/c1-24(28)10-7-18-17(14-24)3-4-20-19(18)8-11-25(2)21(20)5-6-22(25)23(27)13-16-9-12-26-15-16;1-24(28)11-9-18-16(15-24)5-6-20-19(18)10-12-25(2)21(20)7-8-22(25)23(27)14-17-4-3-13-26-17;2*1-24(27)11-9-18-16(15-24)5-6-20-19(18)10-12-25(2)21(20)7-8-22(25)23(26)14-17-4-3-13-28-17;1-23(28)10-7-17-15(14-23)3-4-19-18(17)8-11-24(2)20(19)5-6-21(24)22(27)13-16-9-12-25-26-16/h12,15,17-22,28H,3-11,13-14H2,1-2H3;3-4,13,16,18-22,26,28H,5-12,14-15H2,1-2H3;2*3-4,13,16,18-22,27H,5-12,14-15H2,1-2H3;9,12,15,17-21,28H,3-8,10-11,13-14H2,1-2H3,(H,25,26)/t17-,18+,19-,20-,21+,22-,24-,25+;3*16-,18+,19-,20-,21+,22-,24-,25+;15-,17+,18-,19-,20+,21-,23-,24+/m11111/s1. The van der Waals surface area contributed by atoms with E-state index in [9.17, 15) is 49.5 Å². The van der Waals surface area contributed by atoms with E-state index in [0.717, 1.165) is 268 Å². The van der Waals surface area contributed by atoms with E-state index in [1.807, 2.05) is 83.6 Å². The number of ketones is 5. The second-order valence-electron chi connectivity index (χ2n) is 55.7. The fourth-order valence-corrected chi connectivity index (χ4v) is 42.5. The Morgan fingerprint density at radius 3 is 0.957 bits per heavy atom. The molecule has 140 heavy (non-hydrogen) atoms. The molecule has 0 amide bonds. The molecular weight excluding hydrogens is 1750 g/mol. The van der Waals surface area contributed by atoms with Crippen LogP contribution >= 0.6 is 11.3 Å². The van der Waals surface area contributed by atoms with Crippen molar-refractivity contribution in [3.63, 3.8) is 0 Å². The predicted octanol–water partition coefficient (Wildman–Crippen LogP) is 26.3. The molecule has 15 nitrogen and oxygen atoms in total. The van der Waals surface area contributed by atoms with Gasteiger partial charge in [0, 0.05) is 103 Å². The highest BCUT2D eigenvalue weighted by Gasteiger charge is 2.66. The first-order valence-corrected chi connectivity index (χ1v) is 59.3. The number of aromatic amines is 2. The summed E-state index contributed by atoms with van der Waals surface area (Å²) in [5, 5.41) is 61.9. The van der Waals surface area contributed by atoms with Gasteiger partial charge in [-0.15, -0.1) is 11.3 Å². The molecule has 20 aliphatic carbocycles. The molecule has 21 aliphatic rings. The van der Waals surface area contributed by atoms with Crippen LogP contribution < -0.4 is 0 Å². The Balaban J connectivity index is 0.000000104. The Morgan fingerprint density at radius 1 is 0.336 bits per heavy atom. The molecule has 7 N–H and O–H groups in total. The van der Waals surface area contributed by atoms with Crippen molar-refractivity contribution in [3.05, 3.63) is 100 Å². The maximum atomic E-state index is 13.2. The van der Waals surface area contributed by atoms with E-state index in [2.05, 4.69) is 72.3 Å². The van der Waals surface area contributed by atoms with Crippen LogP contribution in [0.1, 0.15) is 393 Å². The number of carbonyl (C=O) groups is 5. The van der Waals surface area contributed by atoms with Gasteiger partial charge in [-0.05, 0) is 546 Å². The SMILES string of the molecule is C[C@@]1(O)CC[C@H]2[C@H](CC[C@@H]3[C@@H]2CC[C@]2(C)[C@@H](C(=O)CC4=CN=CC4)CC[C@@H]32)C1.C[C@@]1(O)CC[C@H]2[C@H](CC[C@@H]3[C@@H]2CC[C@]2(C)[C@@H](C(=O)Cc4ccc[nH]4)CC[C@@H]32)C1.C[C@@]1(O)CC[C@H]2[C@H](CC[C@@H]3[C@@H]2CC[C@]2(C)[C@@H](C(=O)Cc4ccco4)CC[C@@H]32)C1.C[C@@]1(O)CC[C@H]2[C@H](CC[C@@H]3[C@@H]2CC[C@]2(C)[C@@H](C(=O)Cc4cccs4)CC[C@@H]32)C1.C[C@@]1(O)CC[C@H]2[C@H](CC[C@@H]3[C@@H]2CC[C@]2(C)[C@@H](C(=O)Cc4ccn[nH]4)CC[C@@H]32)C1. The van der Waals surface area contributed by atoms with E-state index in [1.165, 1.54) is 203 Å². The summed E-state index contributed by atoms with van der Waals surface area (Å²) in [6, 6.07) is 14.0. The summed E-state index contributed by atoms with van der Waals surface area (Å²) in [6.45, 7) is 22.5. The van der Waals surface area contributed by atoms with Gasteiger partial charge in [0.25, 0.3) is 0 Å². The van der Waals surface area contributed by atoms with E-state index >= 15 is 0 Å². The molecule has 0 saturated heterocycles. The van der Waals surface area contributed by atoms with Crippen molar-refractivity contribution in [1.29, 1.82) is 0 Å². The molecule has 16 heteroatoms. The molecule has 1 aliphatic heterocycles. The molecule has 40 atom stereocenters. The molecule has 0 aromatic carbocycles. The van der Waals surface area contributed by atoms with Crippen LogP contribution in [0, 0.1) is 205 Å². The summed E-state index contributed by atoms with van der Waals surface area (Å²) in [5.41, 5.74) is 2.16. The second-order valence-corrected chi connectivity index (χ2v) is 56.8. The fraction of sp³-hybridized carbons (Fsp3) is 0.815. The van der Waals surface area contributed by atoms with Gasteiger partial charge in [-0.3, -0.25) is 34.1 Å². The van der Waals surface area contributed by atoms with E-state index in [0.29, 0.717) is 61.0 Å². The highest BCUT2D eigenvalue weighted by atomic mass is 32.1. The first kappa shape index (κ1) is 101. The average molecular weight is 1940 g/mol. The lowest BCUT2D eigenvalue weighted by molar-refractivity contribution is -0.132. The van der Waals surface area contributed by atoms with Crippen LogP contribution in [0.2, 0.25) is 0 Å². The van der Waals surface area contributed by atoms with Crippen LogP contribution in [0.4, 0.5) is 0 Å². The van der Waals surface area contributed by atoms with Gasteiger partial charge in [0.05, 0.1) is 40.7 Å². The van der Waals surface area contributed by atoms with E-state index in [4.69, 9.17) is 4.42 Å². The summed E-state index contributed by atoms with van der Waals surface area (Å²) in [7, 11) is 0. The van der Waals surface area contributed by atoms with E-state index in [-0.39, 0.29) is 56.7 Å². The number of allylic oxidation sites excluding steroid dienone is 1. The number of Topliss-reactive ketones (excluding diaryl/α,β-unsaturated/α-hetero) is 5. The number of aromatic nitrogens is 3. The maximum absolute atomic E-state index is 13.2. The topological polar surface area (TPSA) is 256 Å². The van der Waals surface area contributed by atoms with Crippen LogP contribution in [-0.4, -0.2) is 104 Å². The molecule has 770 valence electrons. The summed E-state index contributed by atoms with van der Waals surface area (Å²) in [5.74, 6) is 24.2. The Morgan fingerprint density at radius 2 is 0.664 bits per heavy atom. The number of nitrogens with zero attached hydrogens (tertiary/aromatic N) is 2. The molecule has 0 radical (unpaired) electrons. The highest BCUT2D eigenvalue weighted by molar-refractivity contribution is 7.10. The lowest BCUT2D eigenvalue weighted by Crippen LogP contribution is -2.51. The fourth-order valence-electron chi connectivity index (χ4n) is 41.8.